The number of carbonyl (C=O) groups is 2. The Balaban J connectivity index is 1.65. The van der Waals surface area contributed by atoms with Crippen molar-refractivity contribution in [2.24, 2.45) is 5.41 Å². The van der Waals surface area contributed by atoms with Crippen LogP contribution in [-0.2, 0) is 4.79 Å². The Bertz CT molecular complexity index is 892. The van der Waals surface area contributed by atoms with Gasteiger partial charge >= 0.3 is 5.97 Å². The molecule has 2 aromatic rings. The van der Waals surface area contributed by atoms with Crippen molar-refractivity contribution in [2.45, 2.75) is 39.2 Å². The summed E-state index contributed by atoms with van der Waals surface area (Å²) in [5.74, 6) is -1.03. The smallest absolute Gasteiger partial charge is 0.313 e. The molecule has 26 heavy (non-hydrogen) atoms. The van der Waals surface area contributed by atoms with Crippen LogP contribution in [0.25, 0.3) is 5.65 Å². The fraction of sp³-hybridized carbons (Fsp3) is 0.556. The summed E-state index contributed by atoms with van der Waals surface area (Å²) in [5, 5.41) is 17.6. The molecule has 0 aromatic carbocycles. The van der Waals surface area contributed by atoms with Crippen molar-refractivity contribution in [2.75, 3.05) is 19.6 Å². The van der Waals surface area contributed by atoms with Crippen LogP contribution < -0.4 is 5.32 Å². The van der Waals surface area contributed by atoms with Crippen molar-refractivity contribution >= 4 is 17.5 Å². The molecule has 2 fully saturated rings. The van der Waals surface area contributed by atoms with Gasteiger partial charge in [0.1, 0.15) is 11.1 Å². The van der Waals surface area contributed by atoms with Crippen LogP contribution in [0.1, 0.15) is 41.1 Å². The van der Waals surface area contributed by atoms with Gasteiger partial charge in [-0.15, -0.1) is 0 Å². The fourth-order valence-electron chi connectivity index (χ4n) is 4.33. The second-order valence-corrected chi connectivity index (χ2v) is 7.43. The number of rotatable bonds is 2. The molecule has 8 heteroatoms. The van der Waals surface area contributed by atoms with E-state index in [0.717, 1.165) is 24.4 Å². The molecule has 2 N–H and O–H groups in total. The van der Waals surface area contributed by atoms with Gasteiger partial charge in [0.05, 0.1) is 5.69 Å². The lowest BCUT2D eigenvalue weighted by Gasteiger charge is -2.48. The van der Waals surface area contributed by atoms with Crippen LogP contribution >= 0.6 is 0 Å². The predicted molar refractivity (Wildman–Crippen MR) is 94.1 cm³/mol. The quantitative estimate of drug-likeness (QED) is 0.832. The van der Waals surface area contributed by atoms with Gasteiger partial charge in [-0.1, -0.05) is 0 Å². The van der Waals surface area contributed by atoms with E-state index in [0.29, 0.717) is 30.7 Å². The highest BCUT2D eigenvalue weighted by molar-refractivity contribution is 5.93. The molecule has 8 nitrogen and oxygen atoms in total. The molecular formula is C18H23N5O3. The number of likely N-dealkylation sites (tertiary alicyclic amines) is 1. The zero-order valence-electron chi connectivity index (χ0n) is 15.0. The number of fused-ring (bicyclic) bond motifs is 2. The van der Waals surface area contributed by atoms with Crippen LogP contribution in [0.2, 0.25) is 0 Å². The zero-order chi connectivity index (χ0) is 18.5. The van der Waals surface area contributed by atoms with Gasteiger partial charge in [0.25, 0.3) is 5.91 Å². The molecule has 0 radical (unpaired) electrons. The molecule has 4 rings (SSSR count). The van der Waals surface area contributed by atoms with E-state index in [1.54, 1.807) is 15.5 Å². The Hall–Kier alpha value is -2.48. The van der Waals surface area contributed by atoms with Crippen LogP contribution in [0.4, 0.5) is 0 Å². The van der Waals surface area contributed by atoms with Crippen LogP contribution in [0, 0.1) is 19.3 Å². The number of hydrogen-bond acceptors (Lipinski definition) is 5. The third-order valence-electron chi connectivity index (χ3n) is 5.68. The number of carboxylic acid groups (broad SMARTS) is 1. The maximum Gasteiger partial charge on any atom is 0.313 e. The Morgan fingerprint density at radius 1 is 1.35 bits per heavy atom. The topological polar surface area (TPSA) is 99.8 Å². The van der Waals surface area contributed by atoms with Gasteiger partial charge in [0.15, 0.2) is 5.65 Å². The van der Waals surface area contributed by atoms with Crippen LogP contribution in [0.5, 0.6) is 0 Å². The van der Waals surface area contributed by atoms with Crippen molar-refractivity contribution in [3.05, 3.63) is 29.2 Å². The Morgan fingerprint density at radius 2 is 2.15 bits per heavy atom. The first-order valence-corrected chi connectivity index (χ1v) is 9.01. The minimum Gasteiger partial charge on any atom is -0.481 e. The summed E-state index contributed by atoms with van der Waals surface area (Å²) < 4.78 is 1.71. The molecule has 2 atom stereocenters. The largest absolute Gasteiger partial charge is 0.481 e. The van der Waals surface area contributed by atoms with Gasteiger partial charge in [0.2, 0.25) is 0 Å². The molecule has 1 amide bonds. The summed E-state index contributed by atoms with van der Waals surface area (Å²) in [4.78, 5) is 31.2. The second-order valence-electron chi connectivity index (χ2n) is 7.43. The van der Waals surface area contributed by atoms with Gasteiger partial charge in [0, 0.05) is 30.9 Å². The highest BCUT2D eigenvalue weighted by atomic mass is 16.4. The van der Waals surface area contributed by atoms with Gasteiger partial charge in [-0.05, 0) is 45.7 Å². The Labute approximate surface area is 151 Å². The van der Waals surface area contributed by atoms with E-state index in [2.05, 4.69) is 15.4 Å². The molecule has 0 saturated carbocycles. The number of carbonyl (C=O) groups excluding carboxylic acids is 1. The monoisotopic (exact) mass is 357 g/mol. The summed E-state index contributed by atoms with van der Waals surface area (Å²) in [5.41, 5.74) is 1.74. The standard InChI is InChI=1S/C18H23N5O3/c1-11-8-15-20-13(9-12(2)23(15)21-11)16(24)22-7-4-14-18(10-22,17(25)26)5-3-6-19-14/h8-9,14,19H,3-7,10H2,1-2H3,(H,25,26)/t14-,18+/m1/s1. The number of nitrogens with zero attached hydrogens (tertiary/aromatic N) is 4. The van der Waals surface area contributed by atoms with Gasteiger partial charge in [-0.3, -0.25) is 9.59 Å². The normalized spacial score (nSPS) is 25.9. The van der Waals surface area contributed by atoms with E-state index in [1.165, 1.54) is 0 Å². The minimum absolute atomic E-state index is 0.0764. The van der Waals surface area contributed by atoms with Crippen molar-refractivity contribution in [3.63, 3.8) is 0 Å². The predicted octanol–water partition coefficient (Wildman–Crippen LogP) is 1.02. The Morgan fingerprint density at radius 3 is 2.92 bits per heavy atom. The summed E-state index contributed by atoms with van der Waals surface area (Å²) in [6.07, 6.45) is 2.05. The van der Waals surface area contributed by atoms with E-state index in [4.69, 9.17) is 0 Å². The molecule has 2 aliphatic rings. The first-order chi connectivity index (χ1) is 12.4. The average Bonchev–Trinajstić information content (AvgIpc) is 3.01. The van der Waals surface area contributed by atoms with Crippen LogP contribution in [0.3, 0.4) is 0 Å². The highest BCUT2D eigenvalue weighted by Gasteiger charge is 2.51. The summed E-state index contributed by atoms with van der Waals surface area (Å²) in [7, 11) is 0. The molecule has 2 aliphatic heterocycles. The summed E-state index contributed by atoms with van der Waals surface area (Å²) >= 11 is 0. The molecule has 0 bridgehead atoms. The zero-order valence-corrected chi connectivity index (χ0v) is 15.0. The van der Waals surface area contributed by atoms with Crippen molar-refractivity contribution in [1.82, 2.24) is 24.8 Å². The SMILES string of the molecule is Cc1cc2nc(C(=O)N3CC[C@H]4NCCC[C@]4(C(=O)O)C3)cc(C)n2n1. The Kier molecular flexibility index (Phi) is 3.95. The van der Waals surface area contributed by atoms with Crippen molar-refractivity contribution in [1.29, 1.82) is 0 Å². The highest BCUT2D eigenvalue weighted by Crippen LogP contribution is 2.38. The maximum atomic E-state index is 13.1. The van der Waals surface area contributed by atoms with Crippen molar-refractivity contribution in [3.8, 4) is 0 Å². The molecule has 4 heterocycles. The van der Waals surface area contributed by atoms with Crippen molar-refractivity contribution < 1.29 is 14.7 Å². The van der Waals surface area contributed by atoms with E-state index in [9.17, 15) is 14.7 Å². The number of aliphatic carboxylic acids is 1. The third kappa shape index (κ3) is 2.56. The fourth-order valence-corrected chi connectivity index (χ4v) is 4.33. The van der Waals surface area contributed by atoms with Gasteiger partial charge in [-0.2, -0.15) is 5.10 Å². The van der Waals surface area contributed by atoms with E-state index >= 15 is 0 Å². The van der Waals surface area contributed by atoms with Gasteiger partial charge < -0.3 is 15.3 Å². The van der Waals surface area contributed by atoms with E-state index in [1.807, 2.05) is 19.9 Å². The number of carboxylic acids is 1. The lowest BCUT2D eigenvalue weighted by Crippen LogP contribution is -2.63. The molecule has 138 valence electrons. The number of nitrogens with one attached hydrogen (secondary N) is 1. The van der Waals surface area contributed by atoms with E-state index < -0.39 is 11.4 Å². The molecular weight excluding hydrogens is 334 g/mol. The first kappa shape index (κ1) is 17.0. The van der Waals surface area contributed by atoms with Gasteiger partial charge in [-0.25, -0.2) is 9.50 Å². The molecule has 2 aromatic heterocycles. The summed E-state index contributed by atoms with van der Waals surface area (Å²) in [6.45, 7) is 5.37. The minimum atomic E-state index is -0.904. The number of aromatic nitrogens is 3. The number of hydrogen-bond donors (Lipinski definition) is 2. The first-order valence-electron chi connectivity index (χ1n) is 9.01. The number of piperidine rings is 2. The average molecular weight is 357 g/mol. The molecule has 0 aliphatic carbocycles. The molecule has 0 spiro atoms. The number of amides is 1. The van der Waals surface area contributed by atoms with Crippen LogP contribution in [0.15, 0.2) is 12.1 Å². The van der Waals surface area contributed by atoms with Crippen LogP contribution in [-0.4, -0.2) is 62.2 Å². The molecule has 0 unspecified atom stereocenters. The number of aryl methyl sites for hydroxylation is 2. The second kappa shape index (κ2) is 6.05. The summed E-state index contributed by atoms with van der Waals surface area (Å²) in [6, 6.07) is 3.48. The molecule has 2 saturated heterocycles. The lowest BCUT2D eigenvalue weighted by atomic mass is 9.70. The lowest BCUT2D eigenvalue weighted by molar-refractivity contribution is -0.156. The maximum absolute atomic E-state index is 13.1. The third-order valence-corrected chi connectivity index (χ3v) is 5.68. The van der Waals surface area contributed by atoms with E-state index in [-0.39, 0.29) is 18.5 Å².